The maximum atomic E-state index is 11.3. The Labute approximate surface area is 137 Å². The second-order valence-electron chi connectivity index (χ2n) is 5.28. The van der Waals surface area contributed by atoms with Crippen LogP contribution in [0, 0.1) is 0 Å². The molecule has 1 fully saturated rings. The summed E-state index contributed by atoms with van der Waals surface area (Å²) in [7, 11) is -3.44. The molecule has 0 saturated heterocycles. The molecule has 3 N–H and O–H groups in total. The highest BCUT2D eigenvalue weighted by atomic mass is 35.5. The fourth-order valence-electron chi connectivity index (χ4n) is 2.07. The van der Waals surface area contributed by atoms with Gasteiger partial charge in [0.05, 0.1) is 18.0 Å². The van der Waals surface area contributed by atoms with Crippen molar-refractivity contribution in [2.45, 2.75) is 31.9 Å². The minimum absolute atomic E-state index is 0. The summed E-state index contributed by atoms with van der Waals surface area (Å²) in [5.74, 6) is -0.102. The van der Waals surface area contributed by atoms with Crippen LogP contribution in [0.4, 0.5) is 5.69 Å². The highest BCUT2D eigenvalue weighted by molar-refractivity contribution is 7.92. The van der Waals surface area contributed by atoms with Crippen molar-refractivity contribution >= 4 is 28.1 Å². The van der Waals surface area contributed by atoms with Gasteiger partial charge in [-0.15, -0.1) is 12.4 Å². The summed E-state index contributed by atoms with van der Waals surface area (Å²) in [5.41, 5.74) is 1.00. The number of phenols is 1. The van der Waals surface area contributed by atoms with Crippen molar-refractivity contribution < 1.29 is 18.3 Å². The highest BCUT2D eigenvalue weighted by Gasteiger charge is 2.23. The van der Waals surface area contributed by atoms with Gasteiger partial charge in [0.15, 0.2) is 0 Å². The number of rotatable bonds is 8. The van der Waals surface area contributed by atoms with Crippen LogP contribution >= 0.6 is 12.4 Å². The molecule has 0 bridgehead atoms. The third-order valence-electron chi connectivity index (χ3n) is 3.22. The average molecular weight is 351 g/mol. The Morgan fingerprint density at radius 3 is 2.64 bits per heavy atom. The third kappa shape index (κ3) is 6.00. The zero-order chi connectivity index (χ0) is 15.5. The van der Waals surface area contributed by atoms with Crippen molar-refractivity contribution in [1.29, 1.82) is 0 Å². The number of halogens is 1. The van der Waals surface area contributed by atoms with Crippen LogP contribution in [0.15, 0.2) is 18.2 Å². The van der Waals surface area contributed by atoms with Crippen molar-refractivity contribution in [3.63, 3.8) is 0 Å². The SMILES string of the molecule is CCOC(CNC1CC1)c1ccc(O)c(NS(C)(=O)=O)c1.Cl. The smallest absolute Gasteiger partial charge is 0.229 e. The molecule has 1 aromatic rings. The summed E-state index contributed by atoms with van der Waals surface area (Å²) in [6.45, 7) is 3.15. The van der Waals surface area contributed by atoms with Gasteiger partial charge >= 0.3 is 0 Å². The van der Waals surface area contributed by atoms with E-state index in [0.717, 1.165) is 11.8 Å². The maximum Gasteiger partial charge on any atom is 0.229 e. The normalized spacial score (nSPS) is 15.9. The summed E-state index contributed by atoms with van der Waals surface area (Å²) >= 11 is 0. The van der Waals surface area contributed by atoms with Gasteiger partial charge in [0.1, 0.15) is 5.75 Å². The fraction of sp³-hybridized carbons (Fsp3) is 0.571. The number of hydrogen-bond donors (Lipinski definition) is 3. The molecule has 0 aromatic heterocycles. The van der Waals surface area contributed by atoms with E-state index in [2.05, 4.69) is 10.0 Å². The molecule has 0 radical (unpaired) electrons. The van der Waals surface area contributed by atoms with Crippen LogP contribution in [0.3, 0.4) is 0 Å². The van der Waals surface area contributed by atoms with Crippen LogP contribution in [-0.2, 0) is 14.8 Å². The van der Waals surface area contributed by atoms with E-state index in [1.165, 1.54) is 18.9 Å². The summed E-state index contributed by atoms with van der Waals surface area (Å²) in [5, 5.41) is 13.2. The molecule has 1 aromatic carbocycles. The molecule has 0 aliphatic heterocycles. The highest BCUT2D eigenvalue weighted by Crippen LogP contribution is 2.29. The Kier molecular flexibility index (Phi) is 6.93. The van der Waals surface area contributed by atoms with E-state index in [9.17, 15) is 13.5 Å². The first-order valence-electron chi connectivity index (χ1n) is 7.04. The molecule has 1 aliphatic rings. The van der Waals surface area contributed by atoms with Gasteiger partial charge in [0, 0.05) is 19.2 Å². The number of benzene rings is 1. The fourth-order valence-corrected chi connectivity index (χ4v) is 2.63. The molecule has 126 valence electrons. The Bertz CT molecular complexity index is 591. The van der Waals surface area contributed by atoms with E-state index < -0.39 is 10.0 Å². The number of anilines is 1. The summed E-state index contributed by atoms with van der Waals surface area (Å²) in [4.78, 5) is 0. The van der Waals surface area contributed by atoms with E-state index >= 15 is 0 Å². The minimum Gasteiger partial charge on any atom is -0.506 e. The Balaban J connectivity index is 0.00000242. The molecule has 22 heavy (non-hydrogen) atoms. The van der Waals surface area contributed by atoms with Gasteiger partial charge in [-0.1, -0.05) is 6.07 Å². The molecule has 6 nitrogen and oxygen atoms in total. The number of hydrogen-bond acceptors (Lipinski definition) is 5. The van der Waals surface area contributed by atoms with Crippen LogP contribution in [0.5, 0.6) is 5.75 Å². The van der Waals surface area contributed by atoms with E-state index in [0.29, 0.717) is 19.2 Å². The van der Waals surface area contributed by atoms with Crippen LogP contribution in [0.25, 0.3) is 0 Å². The Morgan fingerprint density at radius 1 is 1.41 bits per heavy atom. The van der Waals surface area contributed by atoms with Gasteiger partial charge in [-0.2, -0.15) is 0 Å². The standard InChI is InChI=1S/C14H22N2O4S.ClH/c1-3-20-14(9-15-11-5-6-11)10-4-7-13(17)12(8-10)16-21(2,18)19;/h4,7-8,11,14-17H,3,5-6,9H2,1-2H3;1H. The van der Waals surface area contributed by atoms with Crippen LogP contribution in [0.1, 0.15) is 31.4 Å². The molecule has 1 saturated carbocycles. The van der Waals surface area contributed by atoms with Crippen LogP contribution in [-0.4, -0.2) is 39.0 Å². The monoisotopic (exact) mass is 350 g/mol. The Morgan fingerprint density at radius 2 is 2.09 bits per heavy atom. The topological polar surface area (TPSA) is 87.7 Å². The van der Waals surface area contributed by atoms with Crippen molar-refractivity contribution in [1.82, 2.24) is 5.32 Å². The lowest BCUT2D eigenvalue weighted by Crippen LogP contribution is -2.25. The van der Waals surface area contributed by atoms with E-state index in [4.69, 9.17) is 4.74 Å². The van der Waals surface area contributed by atoms with Gasteiger partial charge in [-0.25, -0.2) is 8.42 Å². The largest absolute Gasteiger partial charge is 0.506 e. The average Bonchev–Trinajstić information content (AvgIpc) is 3.20. The van der Waals surface area contributed by atoms with Gasteiger partial charge in [-0.3, -0.25) is 4.72 Å². The Hall–Kier alpha value is -1.02. The zero-order valence-corrected chi connectivity index (χ0v) is 14.3. The number of ether oxygens (including phenoxy) is 1. The molecular formula is C14H23ClN2O4S. The van der Waals surface area contributed by atoms with Crippen molar-refractivity contribution in [3.8, 4) is 5.75 Å². The van der Waals surface area contributed by atoms with E-state index in [1.54, 1.807) is 12.1 Å². The predicted octanol–water partition coefficient (Wildman–Crippen LogP) is 2.02. The quantitative estimate of drug-likeness (QED) is 0.624. The van der Waals surface area contributed by atoms with Crippen molar-refractivity contribution in [3.05, 3.63) is 23.8 Å². The molecule has 0 spiro atoms. The van der Waals surface area contributed by atoms with Crippen LogP contribution in [0.2, 0.25) is 0 Å². The second-order valence-corrected chi connectivity index (χ2v) is 7.03. The van der Waals surface area contributed by atoms with Crippen molar-refractivity contribution in [2.75, 3.05) is 24.1 Å². The lowest BCUT2D eigenvalue weighted by atomic mass is 10.1. The minimum atomic E-state index is -3.44. The lowest BCUT2D eigenvalue weighted by molar-refractivity contribution is 0.0621. The molecule has 8 heteroatoms. The van der Waals surface area contributed by atoms with Gasteiger partial charge in [-0.05, 0) is 37.5 Å². The molecule has 0 heterocycles. The van der Waals surface area contributed by atoms with E-state index in [-0.39, 0.29) is 29.9 Å². The zero-order valence-electron chi connectivity index (χ0n) is 12.7. The summed E-state index contributed by atoms with van der Waals surface area (Å²) in [6, 6.07) is 5.41. The molecular weight excluding hydrogens is 328 g/mol. The lowest BCUT2D eigenvalue weighted by Gasteiger charge is -2.19. The van der Waals surface area contributed by atoms with Gasteiger partial charge in [0.25, 0.3) is 0 Å². The molecule has 2 rings (SSSR count). The van der Waals surface area contributed by atoms with Gasteiger partial charge in [0.2, 0.25) is 10.0 Å². The third-order valence-corrected chi connectivity index (χ3v) is 3.82. The number of nitrogens with one attached hydrogen (secondary N) is 2. The molecule has 1 atom stereocenters. The van der Waals surface area contributed by atoms with Gasteiger partial charge < -0.3 is 15.2 Å². The van der Waals surface area contributed by atoms with E-state index in [1.807, 2.05) is 6.92 Å². The second kappa shape index (κ2) is 8.01. The summed E-state index contributed by atoms with van der Waals surface area (Å²) in [6.07, 6.45) is 3.26. The number of phenolic OH excluding ortho intramolecular Hbond substituents is 1. The van der Waals surface area contributed by atoms with Crippen molar-refractivity contribution in [2.24, 2.45) is 0 Å². The first-order chi connectivity index (χ1) is 9.89. The first-order valence-corrected chi connectivity index (χ1v) is 8.94. The summed E-state index contributed by atoms with van der Waals surface area (Å²) < 4.78 is 30.7. The number of sulfonamides is 1. The maximum absolute atomic E-state index is 11.3. The van der Waals surface area contributed by atoms with Crippen LogP contribution < -0.4 is 10.0 Å². The number of aromatic hydroxyl groups is 1. The molecule has 1 unspecified atom stereocenters. The predicted molar refractivity (Wildman–Crippen MR) is 89.2 cm³/mol. The molecule has 1 aliphatic carbocycles. The first kappa shape index (κ1) is 19.0. The molecule has 0 amide bonds.